The van der Waals surface area contributed by atoms with Crippen molar-refractivity contribution in [1.29, 1.82) is 0 Å². The number of Topliss-reactive ketones (excluding diaryl/α,β-unsaturated/α-hetero) is 1. The third-order valence-electron chi connectivity index (χ3n) is 7.76. The summed E-state index contributed by atoms with van der Waals surface area (Å²) in [7, 11) is 0. The number of fused-ring (bicyclic) bond motifs is 4. The molecule has 2 fully saturated rings. The Bertz CT molecular complexity index is 516. The normalized spacial score (nSPS) is 49.7. The summed E-state index contributed by atoms with van der Waals surface area (Å²) in [5.74, 6) is 2.65. The summed E-state index contributed by atoms with van der Waals surface area (Å²) < 4.78 is 0. The van der Waals surface area contributed by atoms with Crippen molar-refractivity contribution in [3.05, 3.63) is 11.1 Å². The maximum atomic E-state index is 11.7. The fraction of sp³-hybridized carbons (Fsp3) is 0.842. The van der Waals surface area contributed by atoms with Crippen molar-refractivity contribution >= 4 is 5.78 Å². The fourth-order valence-electron chi connectivity index (χ4n) is 6.29. The minimum Gasteiger partial charge on any atom is -0.390 e. The van der Waals surface area contributed by atoms with Crippen LogP contribution in [-0.2, 0) is 4.79 Å². The van der Waals surface area contributed by atoms with E-state index in [0.717, 1.165) is 50.4 Å². The molecule has 0 amide bonds. The smallest absolute Gasteiger partial charge is 0.137 e. The molecule has 5 atom stereocenters. The predicted molar refractivity (Wildman–Crippen MR) is 82.8 cm³/mol. The van der Waals surface area contributed by atoms with Crippen LogP contribution in [0.15, 0.2) is 11.1 Å². The number of hydrogen-bond acceptors (Lipinski definition) is 2. The minimum absolute atomic E-state index is 0.122. The van der Waals surface area contributed by atoms with Gasteiger partial charge in [0, 0.05) is 12.8 Å². The van der Waals surface area contributed by atoms with Crippen LogP contribution in [-0.4, -0.2) is 16.5 Å². The highest BCUT2D eigenvalue weighted by molar-refractivity contribution is 5.82. The molecule has 2 nitrogen and oxygen atoms in total. The molecule has 2 heteroatoms. The number of ketones is 1. The lowest BCUT2D eigenvalue weighted by Crippen LogP contribution is -2.50. The van der Waals surface area contributed by atoms with E-state index in [1.165, 1.54) is 24.8 Å². The maximum absolute atomic E-state index is 11.7. The first kappa shape index (κ1) is 14.0. The van der Waals surface area contributed by atoms with Gasteiger partial charge < -0.3 is 5.11 Å². The van der Waals surface area contributed by atoms with Crippen molar-refractivity contribution in [2.45, 2.75) is 77.2 Å². The number of carbonyl (C=O) groups is 1. The molecule has 2 saturated carbocycles. The summed E-state index contributed by atoms with van der Waals surface area (Å²) in [4.78, 5) is 11.7. The van der Waals surface area contributed by atoms with E-state index in [1.807, 2.05) is 0 Å². The van der Waals surface area contributed by atoms with Gasteiger partial charge in [0.15, 0.2) is 0 Å². The third kappa shape index (κ3) is 1.84. The zero-order valence-corrected chi connectivity index (χ0v) is 13.5. The van der Waals surface area contributed by atoms with E-state index >= 15 is 0 Å². The van der Waals surface area contributed by atoms with Crippen molar-refractivity contribution in [3.8, 4) is 0 Å². The van der Waals surface area contributed by atoms with E-state index in [9.17, 15) is 9.90 Å². The molecule has 0 spiro atoms. The molecule has 0 radical (unpaired) electrons. The summed E-state index contributed by atoms with van der Waals surface area (Å²) in [6.07, 6.45) is 9.55. The monoisotopic (exact) mass is 288 g/mol. The highest BCUT2D eigenvalue weighted by Gasteiger charge is 2.59. The van der Waals surface area contributed by atoms with Crippen molar-refractivity contribution in [2.75, 3.05) is 0 Å². The molecule has 116 valence electrons. The first-order valence-corrected chi connectivity index (χ1v) is 8.87. The van der Waals surface area contributed by atoms with E-state index in [4.69, 9.17) is 0 Å². The van der Waals surface area contributed by atoms with Gasteiger partial charge in [-0.2, -0.15) is 0 Å². The van der Waals surface area contributed by atoms with Crippen LogP contribution in [0.5, 0.6) is 0 Å². The largest absolute Gasteiger partial charge is 0.390 e. The number of rotatable bonds is 0. The molecule has 0 bridgehead atoms. The zero-order valence-electron chi connectivity index (χ0n) is 13.5. The van der Waals surface area contributed by atoms with Gasteiger partial charge in [-0.15, -0.1) is 0 Å². The number of carbonyl (C=O) groups excluding carboxylic acids is 1. The summed E-state index contributed by atoms with van der Waals surface area (Å²) in [6.45, 7) is 4.41. The molecule has 4 aliphatic rings. The highest BCUT2D eigenvalue weighted by Crippen LogP contribution is 2.64. The lowest BCUT2D eigenvalue weighted by molar-refractivity contribution is -0.119. The molecule has 0 saturated heterocycles. The van der Waals surface area contributed by atoms with E-state index in [-0.39, 0.29) is 5.41 Å². The lowest BCUT2D eigenvalue weighted by Gasteiger charge is -2.53. The van der Waals surface area contributed by atoms with Gasteiger partial charge >= 0.3 is 0 Å². The van der Waals surface area contributed by atoms with Gasteiger partial charge in [-0.1, -0.05) is 18.1 Å². The molecule has 4 rings (SSSR count). The number of allylic oxidation sites excluding steroid dienone is 2. The topological polar surface area (TPSA) is 37.3 Å². The van der Waals surface area contributed by atoms with Crippen LogP contribution in [0.25, 0.3) is 0 Å². The van der Waals surface area contributed by atoms with Crippen LogP contribution in [0.3, 0.4) is 0 Å². The first-order chi connectivity index (χ1) is 9.92. The van der Waals surface area contributed by atoms with Gasteiger partial charge in [-0.25, -0.2) is 0 Å². The van der Waals surface area contributed by atoms with Gasteiger partial charge in [-0.05, 0) is 75.0 Å². The number of aliphatic hydroxyl groups is 1. The van der Waals surface area contributed by atoms with Gasteiger partial charge in [0.2, 0.25) is 0 Å². The van der Waals surface area contributed by atoms with Gasteiger partial charge in [-0.3, -0.25) is 4.79 Å². The minimum atomic E-state index is -0.472. The SMILES string of the molecule is C[C@]1(O)CC[C@@H]2[C@H]3CCC4=C(CCC(=O)C4)[C@H]3CC[C@@]21C. The Morgan fingerprint density at radius 2 is 1.86 bits per heavy atom. The van der Waals surface area contributed by atoms with Gasteiger partial charge in [0.05, 0.1) is 5.60 Å². The second kappa shape index (κ2) is 4.44. The summed E-state index contributed by atoms with van der Waals surface area (Å²) in [6, 6.07) is 0. The Hall–Kier alpha value is -0.630. The summed E-state index contributed by atoms with van der Waals surface area (Å²) in [5, 5.41) is 10.8. The Labute approximate surface area is 128 Å². The molecule has 0 heterocycles. The quantitative estimate of drug-likeness (QED) is 0.683. The predicted octanol–water partition coefficient (Wildman–Crippen LogP) is 4.02. The highest BCUT2D eigenvalue weighted by atomic mass is 16.3. The molecule has 0 aromatic carbocycles. The fourth-order valence-corrected chi connectivity index (χ4v) is 6.29. The van der Waals surface area contributed by atoms with E-state index in [1.54, 1.807) is 5.57 Å². The molecule has 0 aromatic heterocycles. The van der Waals surface area contributed by atoms with Crippen LogP contribution >= 0.6 is 0 Å². The van der Waals surface area contributed by atoms with Crippen LogP contribution in [0.2, 0.25) is 0 Å². The first-order valence-electron chi connectivity index (χ1n) is 8.87. The van der Waals surface area contributed by atoms with Gasteiger partial charge in [0.1, 0.15) is 5.78 Å². The number of hydrogen-bond donors (Lipinski definition) is 1. The average molecular weight is 288 g/mol. The van der Waals surface area contributed by atoms with Crippen LogP contribution < -0.4 is 0 Å². The Morgan fingerprint density at radius 3 is 2.67 bits per heavy atom. The van der Waals surface area contributed by atoms with Crippen LogP contribution in [0.4, 0.5) is 0 Å². The van der Waals surface area contributed by atoms with Crippen molar-refractivity contribution in [1.82, 2.24) is 0 Å². The van der Waals surface area contributed by atoms with E-state index in [2.05, 4.69) is 13.8 Å². The summed E-state index contributed by atoms with van der Waals surface area (Å²) >= 11 is 0. The standard InChI is InChI=1S/C19H28O2/c1-18-9-7-15-14-6-4-13(20)11-12(14)3-5-16(15)17(18)8-10-19(18,2)21/h15-17,21H,3-11H2,1-2H3/t15-,16+,17-,18+,19+/m1/s1. The van der Waals surface area contributed by atoms with E-state index in [0.29, 0.717) is 11.7 Å². The second-order valence-electron chi connectivity index (χ2n) is 8.53. The molecule has 0 unspecified atom stereocenters. The molecule has 21 heavy (non-hydrogen) atoms. The van der Waals surface area contributed by atoms with E-state index < -0.39 is 5.60 Å². The molecule has 0 aromatic rings. The molecule has 0 aliphatic heterocycles. The third-order valence-corrected chi connectivity index (χ3v) is 7.76. The Morgan fingerprint density at radius 1 is 1.05 bits per heavy atom. The van der Waals surface area contributed by atoms with Crippen LogP contribution in [0.1, 0.15) is 71.6 Å². The molecular weight excluding hydrogens is 260 g/mol. The Kier molecular flexibility index (Phi) is 2.96. The molecule has 4 aliphatic carbocycles. The maximum Gasteiger partial charge on any atom is 0.137 e. The van der Waals surface area contributed by atoms with Crippen LogP contribution in [0, 0.1) is 23.2 Å². The zero-order chi connectivity index (χ0) is 14.8. The van der Waals surface area contributed by atoms with Crippen molar-refractivity contribution in [3.63, 3.8) is 0 Å². The van der Waals surface area contributed by atoms with Crippen molar-refractivity contribution < 1.29 is 9.90 Å². The lowest BCUT2D eigenvalue weighted by atomic mass is 9.52. The molecular formula is C19H28O2. The summed E-state index contributed by atoms with van der Waals surface area (Å²) in [5.41, 5.74) is 2.82. The van der Waals surface area contributed by atoms with Gasteiger partial charge in [0.25, 0.3) is 0 Å². The average Bonchev–Trinajstić information content (AvgIpc) is 2.69. The second-order valence-corrected chi connectivity index (χ2v) is 8.53. The van der Waals surface area contributed by atoms with Crippen molar-refractivity contribution in [2.24, 2.45) is 23.2 Å². The Balaban J connectivity index is 1.66. The molecule has 1 N–H and O–H groups in total.